The number of aryl methyl sites for hydroxylation is 1. The van der Waals surface area contributed by atoms with Crippen molar-refractivity contribution in [2.75, 3.05) is 18.6 Å². The van der Waals surface area contributed by atoms with E-state index in [1.54, 1.807) is 19.2 Å². The summed E-state index contributed by atoms with van der Waals surface area (Å²) in [5, 5.41) is 13.6. The van der Waals surface area contributed by atoms with Crippen molar-refractivity contribution in [1.82, 2.24) is 19.3 Å². The van der Waals surface area contributed by atoms with Crippen LogP contribution in [0.25, 0.3) is 5.69 Å². The number of benzene rings is 1. The lowest BCUT2D eigenvalue weighted by molar-refractivity contribution is 0.0976. The molecule has 0 radical (unpaired) electrons. The number of aliphatic hydroxyl groups excluding tert-OH is 1. The molecule has 1 aliphatic heterocycles. The number of ether oxygens (including phenoxy) is 1. The predicted molar refractivity (Wildman–Crippen MR) is 124 cm³/mol. The normalized spacial score (nSPS) is 15.4. The Morgan fingerprint density at radius 1 is 1.35 bits per heavy atom. The van der Waals surface area contributed by atoms with Crippen LogP contribution in [0.3, 0.4) is 0 Å². The molecule has 3 aromatic rings. The molecule has 10 heteroatoms. The number of carbonyl (C=O) groups is 1. The van der Waals surface area contributed by atoms with Crippen LogP contribution in [0.2, 0.25) is 0 Å². The molecule has 9 nitrogen and oxygen atoms in total. The Kier molecular flexibility index (Phi) is 6.09. The fourth-order valence-electron chi connectivity index (χ4n) is 4.37. The number of nitrogens with zero attached hydrogens (tertiary/aromatic N) is 5. The Labute approximate surface area is 195 Å². The van der Waals surface area contributed by atoms with Crippen LogP contribution in [0.1, 0.15) is 47.1 Å². The van der Waals surface area contributed by atoms with Crippen LogP contribution in [-0.2, 0) is 13.2 Å². The summed E-state index contributed by atoms with van der Waals surface area (Å²) in [6.07, 6.45) is 1.59. The molecule has 2 aromatic heterocycles. The van der Waals surface area contributed by atoms with Crippen LogP contribution < -0.4 is 15.3 Å². The molecule has 34 heavy (non-hydrogen) atoms. The van der Waals surface area contributed by atoms with E-state index in [4.69, 9.17) is 4.74 Å². The summed E-state index contributed by atoms with van der Waals surface area (Å²) in [6.45, 7) is 9.55. The van der Waals surface area contributed by atoms with Crippen molar-refractivity contribution < 1.29 is 19.0 Å². The van der Waals surface area contributed by atoms with Gasteiger partial charge < -0.3 is 14.7 Å². The number of hydrogen-bond acceptors (Lipinski definition) is 6. The molecule has 1 atom stereocenters. The zero-order valence-electron chi connectivity index (χ0n) is 19.5. The highest BCUT2D eigenvalue weighted by Gasteiger charge is 2.36. The van der Waals surface area contributed by atoms with Crippen molar-refractivity contribution in [1.29, 1.82) is 0 Å². The number of anilines is 1. The molecule has 0 unspecified atom stereocenters. The first kappa shape index (κ1) is 23.4. The van der Waals surface area contributed by atoms with E-state index in [0.717, 1.165) is 21.9 Å². The van der Waals surface area contributed by atoms with Crippen molar-refractivity contribution in [3.63, 3.8) is 0 Å². The van der Waals surface area contributed by atoms with Gasteiger partial charge in [-0.2, -0.15) is 4.68 Å². The Balaban J connectivity index is 1.91. The molecular formula is C24H26FN5O4. The number of hydrogen-bond donors (Lipinski definition) is 1. The molecule has 1 aliphatic rings. The van der Waals surface area contributed by atoms with Crippen LogP contribution in [-0.4, -0.2) is 44.0 Å². The smallest absolute Gasteiger partial charge is 0.350 e. The summed E-state index contributed by atoms with van der Waals surface area (Å²) in [7, 11) is 1.48. The summed E-state index contributed by atoms with van der Waals surface area (Å²) >= 11 is 0. The van der Waals surface area contributed by atoms with E-state index >= 15 is 4.39 Å². The number of methoxy groups -OCH3 is 1. The Morgan fingerprint density at radius 2 is 2.09 bits per heavy atom. The minimum atomic E-state index is -0.781. The van der Waals surface area contributed by atoms with Crippen molar-refractivity contribution in [2.45, 2.75) is 39.8 Å². The second kappa shape index (κ2) is 8.86. The highest BCUT2D eigenvalue weighted by molar-refractivity contribution is 6.09. The Hall–Kier alpha value is -3.79. The quantitative estimate of drug-likeness (QED) is 0.560. The van der Waals surface area contributed by atoms with E-state index < -0.39 is 24.0 Å². The third kappa shape index (κ3) is 3.60. The number of carbonyl (C=O) groups excluding carboxylic acids is 1. The lowest BCUT2D eigenvalue weighted by Crippen LogP contribution is -2.41. The van der Waals surface area contributed by atoms with Crippen molar-refractivity contribution in [2.24, 2.45) is 0 Å². The molecule has 4 rings (SSSR count). The predicted octanol–water partition coefficient (Wildman–Crippen LogP) is 2.72. The van der Waals surface area contributed by atoms with Gasteiger partial charge in [-0.1, -0.05) is 12.2 Å². The fourth-order valence-corrected chi connectivity index (χ4v) is 4.37. The van der Waals surface area contributed by atoms with Gasteiger partial charge in [0.25, 0.3) is 5.91 Å². The van der Waals surface area contributed by atoms with Gasteiger partial charge in [0, 0.05) is 30.8 Å². The van der Waals surface area contributed by atoms with E-state index in [-0.39, 0.29) is 36.1 Å². The van der Waals surface area contributed by atoms with Crippen LogP contribution in [0.15, 0.2) is 41.3 Å². The van der Waals surface area contributed by atoms with Crippen molar-refractivity contribution in [3.8, 4) is 11.6 Å². The summed E-state index contributed by atoms with van der Waals surface area (Å²) in [4.78, 5) is 32.1. The number of fused-ring (bicyclic) bond motifs is 1. The molecule has 0 fully saturated rings. The third-order valence-electron chi connectivity index (χ3n) is 6.11. The molecule has 1 N–H and O–H groups in total. The summed E-state index contributed by atoms with van der Waals surface area (Å²) in [5.74, 6) is -1.10. The van der Waals surface area contributed by atoms with Gasteiger partial charge in [0.1, 0.15) is 23.8 Å². The number of amides is 1. The molecule has 0 aliphatic carbocycles. The molecule has 3 heterocycles. The van der Waals surface area contributed by atoms with Crippen LogP contribution in [0.4, 0.5) is 10.1 Å². The molecule has 1 amide bonds. The third-order valence-corrected chi connectivity index (χ3v) is 6.11. The maximum atomic E-state index is 15.3. The van der Waals surface area contributed by atoms with Crippen LogP contribution >= 0.6 is 0 Å². The number of halogens is 1. The Morgan fingerprint density at radius 3 is 2.68 bits per heavy atom. The SMILES string of the molecule is C=C(C)[C@@H]1CN(c2c(C)ccnc2OC)C(=O)c2cc(F)c(-n3nc(CO)n(CC)c3=O)cc21. The van der Waals surface area contributed by atoms with E-state index in [2.05, 4.69) is 16.7 Å². The minimum Gasteiger partial charge on any atom is -0.480 e. The number of aromatic nitrogens is 4. The van der Waals surface area contributed by atoms with E-state index in [0.29, 0.717) is 17.1 Å². The van der Waals surface area contributed by atoms with E-state index in [9.17, 15) is 14.7 Å². The van der Waals surface area contributed by atoms with Gasteiger partial charge >= 0.3 is 5.69 Å². The second-order valence-electron chi connectivity index (χ2n) is 8.20. The van der Waals surface area contributed by atoms with Gasteiger partial charge in [-0.25, -0.2) is 14.2 Å². The standard InChI is InChI=1S/C24H26FN5O4/c1-6-28-20(12-31)27-30(24(28)33)19-10-15-16(9-18(19)25)23(32)29(11-17(15)13(2)3)21-14(4)7-8-26-22(21)34-5/h7-10,17,31H,2,6,11-12H2,1,3-5H3/t17-/m0/s1. The monoisotopic (exact) mass is 467 g/mol. The molecule has 1 aromatic carbocycles. The van der Waals surface area contributed by atoms with Gasteiger partial charge in [-0.05, 0) is 50.1 Å². The highest BCUT2D eigenvalue weighted by Crippen LogP contribution is 2.40. The molecule has 0 saturated heterocycles. The molecular weight excluding hydrogens is 441 g/mol. The lowest BCUT2D eigenvalue weighted by atomic mass is 9.84. The van der Waals surface area contributed by atoms with Gasteiger partial charge in [0.05, 0.1) is 7.11 Å². The highest BCUT2D eigenvalue weighted by atomic mass is 19.1. The molecule has 0 bridgehead atoms. The van der Waals surface area contributed by atoms with Crippen LogP contribution in [0, 0.1) is 12.7 Å². The summed E-state index contributed by atoms with van der Waals surface area (Å²) in [5.41, 5.74) is 2.12. The zero-order chi connectivity index (χ0) is 24.7. The van der Waals surface area contributed by atoms with Gasteiger partial charge in [-0.15, -0.1) is 5.10 Å². The fraction of sp³-hybridized carbons (Fsp3) is 0.333. The van der Waals surface area contributed by atoms with Gasteiger partial charge in [-0.3, -0.25) is 9.36 Å². The number of aliphatic hydroxyl groups is 1. The first-order valence-corrected chi connectivity index (χ1v) is 10.8. The maximum Gasteiger partial charge on any atom is 0.350 e. The van der Waals surface area contributed by atoms with Crippen LogP contribution in [0.5, 0.6) is 5.88 Å². The average Bonchev–Trinajstić information content (AvgIpc) is 3.14. The van der Waals surface area contributed by atoms with Crippen molar-refractivity contribution in [3.05, 3.63) is 75.4 Å². The lowest BCUT2D eigenvalue weighted by Gasteiger charge is -2.36. The number of pyridine rings is 1. The Bertz CT molecular complexity index is 1360. The second-order valence-corrected chi connectivity index (χ2v) is 8.20. The van der Waals surface area contributed by atoms with Crippen molar-refractivity contribution >= 4 is 11.6 Å². The first-order valence-electron chi connectivity index (χ1n) is 10.8. The first-order chi connectivity index (χ1) is 16.2. The molecule has 0 spiro atoms. The topological polar surface area (TPSA) is 102 Å². The zero-order valence-corrected chi connectivity index (χ0v) is 19.5. The molecule has 0 saturated carbocycles. The van der Waals surface area contributed by atoms with Gasteiger partial charge in [0.2, 0.25) is 5.88 Å². The number of rotatable bonds is 6. The minimum absolute atomic E-state index is 0.0895. The van der Waals surface area contributed by atoms with Gasteiger partial charge in [0.15, 0.2) is 5.82 Å². The summed E-state index contributed by atoms with van der Waals surface area (Å²) < 4.78 is 22.9. The largest absolute Gasteiger partial charge is 0.480 e. The molecule has 178 valence electrons. The summed E-state index contributed by atoms with van der Waals surface area (Å²) in [6, 6.07) is 4.38. The maximum absolute atomic E-state index is 15.3. The van der Waals surface area contributed by atoms with E-state index in [1.807, 2.05) is 13.8 Å². The van der Waals surface area contributed by atoms with E-state index in [1.165, 1.54) is 22.6 Å². The average molecular weight is 468 g/mol.